The molecule has 1 fully saturated rings. The quantitative estimate of drug-likeness (QED) is 0.815. The zero-order valence-corrected chi connectivity index (χ0v) is 9.98. The Hall–Kier alpha value is -1.53. The normalized spacial score (nSPS) is 16.2. The Morgan fingerprint density at radius 3 is 2.76 bits per heavy atom. The summed E-state index contributed by atoms with van der Waals surface area (Å²) in [6.45, 7) is 1.28. The number of ether oxygens (including phenoxy) is 1. The molecule has 90 valence electrons. The molecule has 0 atom stereocenters. The first-order chi connectivity index (χ1) is 8.29. The number of nitrogens with two attached hydrogens (primary N) is 1. The molecular formula is C14H18N2O. The van der Waals surface area contributed by atoms with E-state index < -0.39 is 0 Å². The fraction of sp³-hybridized carbons (Fsp3) is 0.500. The van der Waals surface area contributed by atoms with E-state index in [9.17, 15) is 0 Å². The molecule has 0 heterocycles. The third-order valence-electron chi connectivity index (χ3n) is 3.33. The number of hydrogen-bond acceptors (Lipinski definition) is 3. The monoisotopic (exact) mass is 230 g/mol. The highest BCUT2D eigenvalue weighted by atomic mass is 16.5. The zero-order valence-electron chi connectivity index (χ0n) is 9.98. The Labute approximate surface area is 102 Å². The third-order valence-corrected chi connectivity index (χ3v) is 3.33. The van der Waals surface area contributed by atoms with Crippen LogP contribution in [0.1, 0.15) is 24.8 Å². The molecule has 3 heteroatoms. The van der Waals surface area contributed by atoms with Crippen LogP contribution in [0.4, 0.5) is 0 Å². The molecule has 2 rings (SSSR count). The van der Waals surface area contributed by atoms with Crippen LogP contribution in [0.3, 0.4) is 0 Å². The van der Waals surface area contributed by atoms with E-state index >= 15 is 0 Å². The summed E-state index contributed by atoms with van der Waals surface area (Å²) in [7, 11) is 0. The van der Waals surface area contributed by atoms with Gasteiger partial charge in [-0.15, -0.1) is 0 Å². The average Bonchev–Trinajstić information content (AvgIpc) is 3.09. The highest BCUT2D eigenvalue weighted by Gasteiger charge is 2.43. The van der Waals surface area contributed by atoms with Gasteiger partial charge in [-0.1, -0.05) is 18.2 Å². The predicted molar refractivity (Wildman–Crippen MR) is 66.6 cm³/mol. The molecule has 0 aromatic heterocycles. The highest BCUT2D eigenvalue weighted by molar-refractivity contribution is 5.33. The number of hydrogen-bond donors (Lipinski definition) is 1. The molecule has 0 saturated heterocycles. The van der Waals surface area contributed by atoms with Gasteiger partial charge in [0, 0.05) is 11.8 Å². The van der Waals surface area contributed by atoms with Crippen molar-refractivity contribution in [3.05, 3.63) is 29.8 Å². The summed E-state index contributed by atoms with van der Waals surface area (Å²) in [6, 6.07) is 10.2. The second-order valence-corrected chi connectivity index (χ2v) is 4.77. The van der Waals surface area contributed by atoms with E-state index in [0.29, 0.717) is 19.6 Å². The first-order valence-corrected chi connectivity index (χ1v) is 6.07. The van der Waals surface area contributed by atoms with Gasteiger partial charge in [0.15, 0.2) is 0 Å². The summed E-state index contributed by atoms with van der Waals surface area (Å²) in [5.41, 5.74) is 6.86. The summed E-state index contributed by atoms with van der Waals surface area (Å²) >= 11 is 0. The van der Waals surface area contributed by atoms with Gasteiger partial charge in [0.1, 0.15) is 5.75 Å². The van der Waals surface area contributed by atoms with Gasteiger partial charge in [0.05, 0.1) is 12.7 Å². The van der Waals surface area contributed by atoms with Crippen LogP contribution >= 0.6 is 0 Å². The number of benzene rings is 1. The molecule has 1 saturated carbocycles. The van der Waals surface area contributed by atoms with Crippen molar-refractivity contribution in [2.24, 2.45) is 11.1 Å². The lowest BCUT2D eigenvalue weighted by atomic mass is 10.1. The van der Waals surface area contributed by atoms with Crippen LogP contribution in [0.25, 0.3) is 0 Å². The van der Waals surface area contributed by atoms with Crippen molar-refractivity contribution in [1.82, 2.24) is 0 Å². The number of para-hydroxylation sites is 1. The number of nitriles is 1. The van der Waals surface area contributed by atoms with E-state index in [1.807, 2.05) is 24.3 Å². The van der Waals surface area contributed by atoms with Gasteiger partial charge in [-0.05, 0) is 37.4 Å². The van der Waals surface area contributed by atoms with Crippen molar-refractivity contribution in [2.75, 3.05) is 13.2 Å². The van der Waals surface area contributed by atoms with Crippen molar-refractivity contribution in [1.29, 1.82) is 5.26 Å². The molecule has 0 unspecified atom stereocenters. The SMILES string of the molecule is N#CCC1(COc2ccccc2CCN)CC1. The van der Waals surface area contributed by atoms with E-state index in [4.69, 9.17) is 15.7 Å². The molecule has 0 bridgehead atoms. The average molecular weight is 230 g/mol. The van der Waals surface area contributed by atoms with Crippen LogP contribution in [0.2, 0.25) is 0 Å². The Bertz CT molecular complexity index is 418. The lowest BCUT2D eigenvalue weighted by Crippen LogP contribution is -2.14. The van der Waals surface area contributed by atoms with Crippen LogP contribution < -0.4 is 10.5 Å². The van der Waals surface area contributed by atoms with E-state index in [-0.39, 0.29) is 5.41 Å². The zero-order chi connectivity index (χ0) is 12.1. The molecule has 1 aliphatic carbocycles. The standard InChI is InChI=1S/C14H18N2O/c15-9-5-12-3-1-2-4-13(12)17-11-14(6-7-14)8-10-16/h1-4H,5-9,11,15H2. The maximum atomic E-state index is 8.76. The van der Waals surface area contributed by atoms with Gasteiger partial charge in [0.2, 0.25) is 0 Å². The molecule has 1 aromatic rings. The van der Waals surface area contributed by atoms with Gasteiger partial charge < -0.3 is 10.5 Å². The minimum Gasteiger partial charge on any atom is -0.493 e. The van der Waals surface area contributed by atoms with Crippen LogP contribution in [-0.2, 0) is 6.42 Å². The van der Waals surface area contributed by atoms with E-state index in [2.05, 4.69) is 6.07 Å². The van der Waals surface area contributed by atoms with Gasteiger partial charge in [0.25, 0.3) is 0 Å². The maximum Gasteiger partial charge on any atom is 0.122 e. The predicted octanol–water partition coefficient (Wildman–Crippen LogP) is 2.26. The van der Waals surface area contributed by atoms with Crippen LogP contribution in [0.5, 0.6) is 5.75 Å². The second-order valence-electron chi connectivity index (χ2n) is 4.77. The number of rotatable bonds is 6. The van der Waals surface area contributed by atoms with Crippen molar-refractivity contribution in [2.45, 2.75) is 25.7 Å². The number of nitrogens with zero attached hydrogens (tertiary/aromatic N) is 1. The molecule has 17 heavy (non-hydrogen) atoms. The van der Waals surface area contributed by atoms with Crippen molar-refractivity contribution < 1.29 is 4.74 Å². The largest absolute Gasteiger partial charge is 0.493 e. The van der Waals surface area contributed by atoms with E-state index in [1.54, 1.807) is 0 Å². The summed E-state index contributed by atoms with van der Waals surface area (Å²) in [5.74, 6) is 0.919. The molecule has 1 aromatic carbocycles. The maximum absolute atomic E-state index is 8.76. The third kappa shape index (κ3) is 2.98. The van der Waals surface area contributed by atoms with Gasteiger partial charge in [-0.3, -0.25) is 0 Å². The summed E-state index contributed by atoms with van der Waals surface area (Å²) in [5, 5.41) is 8.76. The van der Waals surface area contributed by atoms with Crippen molar-refractivity contribution in [3.8, 4) is 11.8 Å². The van der Waals surface area contributed by atoms with Crippen molar-refractivity contribution >= 4 is 0 Å². The molecule has 1 aliphatic rings. The Morgan fingerprint density at radius 1 is 1.35 bits per heavy atom. The fourth-order valence-electron chi connectivity index (χ4n) is 1.95. The minimum atomic E-state index is 0.130. The van der Waals surface area contributed by atoms with Crippen molar-refractivity contribution in [3.63, 3.8) is 0 Å². The van der Waals surface area contributed by atoms with Crippen LogP contribution in [-0.4, -0.2) is 13.2 Å². The Kier molecular flexibility index (Phi) is 3.65. The smallest absolute Gasteiger partial charge is 0.122 e. The topological polar surface area (TPSA) is 59.0 Å². The second kappa shape index (κ2) is 5.20. The molecule has 0 amide bonds. The molecule has 0 spiro atoms. The molecular weight excluding hydrogens is 212 g/mol. The van der Waals surface area contributed by atoms with Gasteiger partial charge in [-0.2, -0.15) is 5.26 Å². The van der Waals surface area contributed by atoms with Gasteiger partial charge >= 0.3 is 0 Å². The van der Waals surface area contributed by atoms with Crippen LogP contribution in [0.15, 0.2) is 24.3 Å². The molecule has 0 aliphatic heterocycles. The minimum absolute atomic E-state index is 0.130. The lowest BCUT2D eigenvalue weighted by molar-refractivity contribution is 0.235. The van der Waals surface area contributed by atoms with Crippen LogP contribution in [0, 0.1) is 16.7 Å². The summed E-state index contributed by atoms with van der Waals surface area (Å²) in [4.78, 5) is 0. The first kappa shape index (κ1) is 11.9. The Morgan fingerprint density at radius 2 is 2.12 bits per heavy atom. The fourth-order valence-corrected chi connectivity index (χ4v) is 1.95. The summed E-state index contributed by atoms with van der Waals surface area (Å²) < 4.78 is 5.86. The molecule has 3 nitrogen and oxygen atoms in total. The van der Waals surface area contributed by atoms with E-state index in [0.717, 1.165) is 30.6 Å². The van der Waals surface area contributed by atoms with Gasteiger partial charge in [-0.25, -0.2) is 0 Å². The molecule has 2 N–H and O–H groups in total. The van der Waals surface area contributed by atoms with E-state index in [1.165, 1.54) is 0 Å². The highest BCUT2D eigenvalue weighted by Crippen LogP contribution is 2.48. The molecule has 0 radical (unpaired) electrons. The summed E-state index contributed by atoms with van der Waals surface area (Å²) in [6.07, 6.45) is 3.66. The lowest BCUT2D eigenvalue weighted by Gasteiger charge is -2.15. The Balaban J connectivity index is 1.97. The first-order valence-electron chi connectivity index (χ1n) is 6.07.